The number of carbonyl (C=O) groups excluding carboxylic acids is 1. The molecule has 2 rings (SSSR count). The van der Waals surface area contributed by atoms with E-state index in [9.17, 15) is 17.6 Å². The predicted octanol–water partition coefficient (Wildman–Crippen LogP) is 0.679. The number of hydrogen-bond donors (Lipinski definition) is 3. The molecule has 3 N–H and O–H groups in total. The van der Waals surface area contributed by atoms with Crippen LogP contribution in [0.25, 0.3) is 0 Å². The summed E-state index contributed by atoms with van der Waals surface area (Å²) in [4.78, 5) is 12.2. The van der Waals surface area contributed by atoms with Crippen LogP contribution < -0.4 is 15.4 Å². The summed E-state index contributed by atoms with van der Waals surface area (Å²) in [5.74, 6) is -1.07. The highest BCUT2D eigenvalue weighted by atomic mass is 32.2. The van der Waals surface area contributed by atoms with Crippen molar-refractivity contribution in [3.8, 4) is 0 Å². The van der Waals surface area contributed by atoms with E-state index in [4.69, 9.17) is 0 Å². The number of hydrogen-bond acceptors (Lipinski definition) is 4. The first-order valence-corrected chi connectivity index (χ1v) is 8.53. The quantitative estimate of drug-likeness (QED) is 0.762. The highest BCUT2D eigenvalue weighted by Gasteiger charge is 2.20. The minimum Gasteiger partial charge on any atom is -0.349 e. The maximum Gasteiger partial charge on any atom is 0.253 e. The van der Waals surface area contributed by atoms with E-state index in [0.717, 1.165) is 44.3 Å². The van der Waals surface area contributed by atoms with Gasteiger partial charge in [-0.05, 0) is 44.1 Å². The molecule has 116 valence electrons. The third kappa shape index (κ3) is 4.68. The monoisotopic (exact) mass is 315 g/mol. The van der Waals surface area contributed by atoms with Crippen molar-refractivity contribution >= 4 is 21.6 Å². The van der Waals surface area contributed by atoms with E-state index in [2.05, 4.69) is 15.4 Å². The summed E-state index contributed by atoms with van der Waals surface area (Å²) in [5, 5.41) is 5.98. The van der Waals surface area contributed by atoms with Gasteiger partial charge in [-0.2, -0.15) is 0 Å². The average Bonchev–Trinajstić information content (AvgIpc) is 2.40. The smallest absolute Gasteiger partial charge is 0.253 e. The van der Waals surface area contributed by atoms with Gasteiger partial charge in [0, 0.05) is 6.04 Å². The first-order chi connectivity index (χ1) is 9.85. The fourth-order valence-corrected chi connectivity index (χ4v) is 2.80. The van der Waals surface area contributed by atoms with Crippen molar-refractivity contribution in [3.05, 3.63) is 29.6 Å². The molecule has 0 aromatic heterocycles. The molecule has 1 saturated heterocycles. The Bertz CT molecular complexity index is 628. The van der Waals surface area contributed by atoms with Gasteiger partial charge < -0.3 is 10.6 Å². The highest BCUT2D eigenvalue weighted by molar-refractivity contribution is 7.92. The number of carbonyl (C=O) groups is 1. The van der Waals surface area contributed by atoms with Gasteiger partial charge in [0.1, 0.15) is 5.82 Å². The fraction of sp³-hybridized carbons (Fsp3) is 0.462. The lowest BCUT2D eigenvalue weighted by molar-refractivity contribution is 0.0930. The van der Waals surface area contributed by atoms with E-state index in [-0.39, 0.29) is 17.3 Å². The van der Waals surface area contributed by atoms with Gasteiger partial charge >= 0.3 is 0 Å². The molecule has 1 aliphatic heterocycles. The normalized spacial score (nSPS) is 16.5. The molecule has 0 atom stereocenters. The molecule has 6 nitrogen and oxygen atoms in total. The summed E-state index contributed by atoms with van der Waals surface area (Å²) < 4.78 is 38.2. The molecule has 21 heavy (non-hydrogen) atoms. The van der Waals surface area contributed by atoms with Crippen molar-refractivity contribution in [3.63, 3.8) is 0 Å². The number of halogens is 1. The zero-order chi connectivity index (χ0) is 15.5. The molecule has 0 spiro atoms. The number of amides is 1. The molecular weight excluding hydrogens is 297 g/mol. The second kappa shape index (κ2) is 6.40. The van der Waals surface area contributed by atoms with E-state index < -0.39 is 21.7 Å². The maximum atomic E-state index is 13.4. The van der Waals surface area contributed by atoms with E-state index in [0.29, 0.717) is 0 Å². The van der Waals surface area contributed by atoms with Crippen LogP contribution in [0.5, 0.6) is 0 Å². The third-order valence-corrected chi connectivity index (χ3v) is 3.79. The number of nitrogens with one attached hydrogen (secondary N) is 3. The van der Waals surface area contributed by atoms with Crippen molar-refractivity contribution in [1.29, 1.82) is 0 Å². The van der Waals surface area contributed by atoms with Crippen molar-refractivity contribution < 1.29 is 17.6 Å². The lowest BCUT2D eigenvalue weighted by Gasteiger charge is -2.24. The van der Waals surface area contributed by atoms with E-state index in [1.807, 2.05) is 0 Å². The highest BCUT2D eigenvalue weighted by Crippen LogP contribution is 2.19. The van der Waals surface area contributed by atoms with Crippen molar-refractivity contribution in [1.82, 2.24) is 10.6 Å². The Balaban J connectivity index is 2.20. The molecule has 0 bridgehead atoms. The molecule has 1 aromatic rings. The number of sulfonamides is 1. The van der Waals surface area contributed by atoms with Gasteiger partial charge in [-0.3, -0.25) is 9.52 Å². The fourth-order valence-electron chi connectivity index (χ4n) is 2.22. The molecule has 8 heteroatoms. The summed E-state index contributed by atoms with van der Waals surface area (Å²) in [6, 6.07) is 3.39. The molecule has 1 heterocycles. The first-order valence-electron chi connectivity index (χ1n) is 6.64. The van der Waals surface area contributed by atoms with Crippen LogP contribution in [-0.4, -0.2) is 39.7 Å². The van der Waals surface area contributed by atoms with Crippen molar-refractivity contribution in [2.75, 3.05) is 24.1 Å². The molecular formula is C13H18FN3O3S. The van der Waals surface area contributed by atoms with Crippen LogP contribution in [0.2, 0.25) is 0 Å². The molecule has 1 amide bonds. The zero-order valence-corrected chi connectivity index (χ0v) is 12.5. The summed E-state index contributed by atoms with van der Waals surface area (Å²) in [5.41, 5.74) is 0.0595. The minimum atomic E-state index is -3.54. The maximum absolute atomic E-state index is 13.4. The Kier molecular flexibility index (Phi) is 4.79. The molecule has 0 unspecified atom stereocenters. The van der Waals surface area contributed by atoms with E-state index in [1.165, 1.54) is 6.07 Å². The van der Waals surface area contributed by atoms with Gasteiger partial charge in [0.25, 0.3) is 5.91 Å². The SMILES string of the molecule is CS(=O)(=O)Nc1ccc(F)cc1C(=O)NC1CCNCC1. The topological polar surface area (TPSA) is 87.3 Å². The third-order valence-electron chi connectivity index (χ3n) is 3.20. The van der Waals surface area contributed by atoms with Crippen LogP contribution in [0.1, 0.15) is 23.2 Å². The van der Waals surface area contributed by atoms with Crippen LogP contribution in [-0.2, 0) is 10.0 Å². The Morgan fingerprint density at radius 3 is 2.62 bits per heavy atom. The molecule has 0 saturated carbocycles. The predicted molar refractivity (Wildman–Crippen MR) is 78.2 cm³/mol. The standard InChI is InChI=1S/C13H18FN3O3S/c1-21(19,20)17-12-3-2-9(14)8-11(12)13(18)16-10-4-6-15-7-5-10/h2-3,8,10,15,17H,4-7H2,1H3,(H,16,18). The zero-order valence-electron chi connectivity index (χ0n) is 11.6. The molecule has 0 radical (unpaired) electrons. The average molecular weight is 315 g/mol. The second-order valence-electron chi connectivity index (χ2n) is 5.06. The molecule has 1 fully saturated rings. The van der Waals surface area contributed by atoms with Gasteiger partial charge in [-0.15, -0.1) is 0 Å². The number of piperidine rings is 1. The Hall–Kier alpha value is -1.67. The summed E-state index contributed by atoms with van der Waals surface area (Å²) >= 11 is 0. The van der Waals surface area contributed by atoms with Crippen LogP contribution in [0.4, 0.5) is 10.1 Å². The van der Waals surface area contributed by atoms with Gasteiger partial charge in [0.15, 0.2) is 0 Å². The molecule has 1 aliphatic rings. The van der Waals surface area contributed by atoms with E-state index >= 15 is 0 Å². The lowest BCUT2D eigenvalue weighted by atomic mass is 10.1. The van der Waals surface area contributed by atoms with Crippen molar-refractivity contribution in [2.45, 2.75) is 18.9 Å². The van der Waals surface area contributed by atoms with Crippen LogP contribution in [0.3, 0.4) is 0 Å². The Labute approximate surface area is 123 Å². The summed E-state index contributed by atoms with van der Waals surface area (Å²) in [7, 11) is -3.54. The van der Waals surface area contributed by atoms with Gasteiger partial charge in [0.2, 0.25) is 10.0 Å². The van der Waals surface area contributed by atoms with Gasteiger partial charge in [0.05, 0.1) is 17.5 Å². The Morgan fingerprint density at radius 2 is 2.00 bits per heavy atom. The lowest BCUT2D eigenvalue weighted by Crippen LogP contribution is -2.42. The van der Waals surface area contributed by atoms with Crippen LogP contribution in [0.15, 0.2) is 18.2 Å². The number of anilines is 1. The number of rotatable bonds is 4. The van der Waals surface area contributed by atoms with Gasteiger partial charge in [-0.25, -0.2) is 12.8 Å². The van der Waals surface area contributed by atoms with Crippen LogP contribution >= 0.6 is 0 Å². The van der Waals surface area contributed by atoms with Crippen molar-refractivity contribution in [2.24, 2.45) is 0 Å². The molecule has 1 aromatic carbocycles. The number of benzene rings is 1. The summed E-state index contributed by atoms with van der Waals surface area (Å²) in [6.45, 7) is 1.62. The van der Waals surface area contributed by atoms with Crippen LogP contribution in [0, 0.1) is 5.82 Å². The molecule has 0 aliphatic carbocycles. The van der Waals surface area contributed by atoms with E-state index in [1.54, 1.807) is 0 Å². The largest absolute Gasteiger partial charge is 0.349 e. The summed E-state index contributed by atoms with van der Waals surface area (Å²) in [6.07, 6.45) is 2.55. The second-order valence-corrected chi connectivity index (χ2v) is 6.81. The first kappa shape index (κ1) is 15.7. The minimum absolute atomic E-state index is 0.00750. The van der Waals surface area contributed by atoms with Gasteiger partial charge in [-0.1, -0.05) is 0 Å². The Morgan fingerprint density at radius 1 is 1.33 bits per heavy atom.